The van der Waals surface area contributed by atoms with Crippen LogP contribution in [0.4, 0.5) is 13.2 Å². The summed E-state index contributed by atoms with van der Waals surface area (Å²) in [6.07, 6.45) is -2.12. The maximum atomic E-state index is 13.2. The fourth-order valence-corrected chi connectivity index (χ4v) is 2.77. The van der Waals surface area contributed by atoms with Crippen molar-refractivity contribution in [3.63, 3.8) is 0 Å². The van der Waals surface area contributed by atoms with Crippen molar-refractivity contribution in [1.82, 2.24) is 20.1 Å². The van der Waals surface area contributed by atoms with E-state index in [1.165, 1.54) is 24.3 Å². The third kappa shape index (κ3) is 4.16. The normalized spacial score (nSPS) is 15.2. The van der Waals surface area contributed by atoms with Gasteiger partial charge in [-0.25, -0.2) is 0 Å². The Bertz CT molecular complexity index is 850. The predicted octanol–water partition coefficient (Wildman–Crippen LogP) is 3.54. The number of carbonyl (C=O) groups excluding carboxylic acids is 1. The van der Waals surface area contributed by atoms with Gasteiger partial charge in [0.05, 0.1) is 12.1 Å². The number of halogens is 3. The van der Waals surface area contributed by atoms with Crippen molar-refractivity contribution in [2.24, 2.45) is 0 Å². The summed E-state index contributed by atoms with van der Waals surface area (Å²) >= 11 is 5.12. The topological polar surface area (TPSA) is 62.7 Å². The molecule has 1 aliphatic carbocycles. The lowest BCUT2D eigenvalue weighted by Crippen LogP contribution is -2.24. The number of benzene rings is 1. The number of aromatic amines is 1. The van der Waals surface area contributed by atoms with E-state index in [9.17, 15) is 18.0 Å². The standard InChI is InChI=1S/C16H15F3N4OS/c17-16(18,19)12(10-4-2-1-3-5-10)8-14(24)20-9-13-21-22-15(25)23(13)11-6-7-11/h1-5,8,11H,6-7,9H2,(H,20,24)(H,22,25)/b12-8-. The minimum Gasteiger partial charge on any atom is -0.345 e. The highest BCUT2D eigenvalue weighted by atomic mass is 32.1. The zero-order chi connectivity index (χ0) is 18.0. The monoisotopic (exact) mass is 368 g/mol. The zero-order valence-electron chi connectivity index (χ0n) is 13.0. The van der Waals surface area contributed by atoms with E-state index in [4.69, 9.17) is 12.2 Å². The van der Waals surface area contributed by atoms with Crippen LogP contribution in [0.2, 0.25) is 0 Å². The summed E-state index contributed by atoms with van der Waals surface area (Å²) in [5.74, 6) is -0.338. The molecular weight excluding hydrogens is 353 g/mol. The Hall–Kier alpha value is -2.42. The third-order valence-electron chi connectivity index (χ3n) is 3.78. The first-order valence-corrected chi connectivity index (χ1v) is 8.05. The number of H-pyrrole nitrogens is 1. The van der Waals surface area contributed by atoms with E-state index in [0.717, 1.165) is 12.8 Å². The molecule has 2 aromatic rings. The molecule has 3 rings (SSSR count). The summed E-state index contributed by atoms with van der Waals surface area (Å²) in [5, 5.41) is 9.11. The van der Waals surface area contributed by atoms with Crippen LogP contribution in [-0.4, -0.2) is 26.8 Å². The molecule has 1 aliphatic rings. The Labute approximate surface area is 146 Å². The number of aromatic nitrogens is 3. The average Bonchev–Trinajstić information content (AvgIpc) is 3.33. The zero-order valence-corrected chi connectivity index (χ0v) is 13.8. The predicted molar refractivity (Wildman–Crippen MR) is 88.0 cm³/mol. The number of hydrogen-bond donors (Lipinski definition) is 2. The van der Waals surface area contributed by atoms with Crippen LogP contribution in [0.1, 0.15) is 30.3 Å². The Morgan fingerprint density at radius 2 is 2.04 bits per heavy atom. The van der Waals surface area contributed by atoms with E-state index in [2.05, 4.69) is 15.5 Å². The second-order valence-corrected chi connectivity index (χ2v) is 6.07. The summed E-state index contributed by atoms with van der Waals surface area (Å²) in [4.78, 5) is 12.0. The van der Waals surface area contributed by atoms with Crippen LogP contribution in [0.3, 0.4) is 0 Å². The van der Waals surface area contributed by atoms with Crippen molar-refractivity contribution in [2.75, 3.05) is 0 Å². The molecule has 1 heterocycles. The highest BCUT2D eigenvalue weighted by molar-refractivity contribution is 7.71. The van der Waals surface area contributed by atoms with Crippen LogP contribution in [-0.2, 0) is 11.3 Å². The van der Waals surface area contributed by atoms with Gasteiger partial charge in [0.2, 0.25) is 5.91 Å². The Morgan fingerprint density at radius 3 is 2.64 bits per heavy atom. The van der Waals surface area contributed by atoms with Gasteiger partial charge in [0.25, 0.3) is 0 Å². The van der Waals surface area contributed by atoms with Crippen molar-refractivity contribution in [2.45, 2.75) is 31.6 Å². The molecule has 25 heavy (non-hydrogen) atoms. The molecule has 0 radical (unpaired) electrons. The quantitative estimate of drug-likeness (QED) is 0.627. The molecule has 5 nitrogen and oxygen atoms in total. The van der Waals surface area contributed by atoms with Gasteiger partial charge in [0.1, 0.15) is 0 Å². The van der Waals surface area contributed by atoms with Gasteiger partial charge < -0.3 is 5.32 Å². The first-order valence-electron chi connectivity index (χ1n) is 7.64. The molecule has 1 aromatic carbocycles. The van der Waals surface area contributed by atoms with Gasteiger partial charge in [0.15, 0.2) is 10.6 Å². The molecule has 1 saturated carbocycles. The van der Waals surface area contributed by atoms with Crippen molar-refractivity contribution in [1.29, 1.82) is 0 Å². The minimum absolute atomic E-state index is 0.00109. The lowest BCUT2D eigenvalue weighted by molar-refractivity contribution is -0.117. The van der Waals surface area contributed by atoms with Gasteiger partial charge in [-0.2, -0.15) is 18.3 Å². The van der Waals surface area contributed by atoms with Crippen LogP contribution in [0.15, 0.2) is 36.4 Å². The minimum atomic E-state index is -4.63. The fourth-order valence-electron chi connectivity index (χ4n) is 2.47. The molecule has 0 spiro atoms. The van der Waals surface area contributed by atoms with E-state index in [0.29, 0.717) is 16.7 Å². The molecule has 0 saturated heterocycles. The molecule has 1 amide bonds. The number of carbonyl (C=O) groups is 1. The molecule has 9 heteroatoms. The van der Waals surface area contributed by atoms with Crippen molar-refractivity contribution in [3.05, 3.63) is 52.6 Å². The highest BCUT2D eigenvalue weighted by Crippen LogP contribution is 2.36. The van der Waals surface area contributed by atoms with Crippen LogP contribution < -0.4 is 5.32 Å². The third-order valence-corrected chi connectivity index (χ3v) is 4.06. The summed E-state index contributed by atoms with van der Waals surface area (Å²) < 4.78 is 41.9. The van der Waals surface area contributed by atoms with Crippen molar-refractivity contribution in [3.8, 4) is 0 Å². The van der Waals surface area contributed by atoms with Gasteiger partial charge in [-0.15, -0.1) is 0 Å². The lowest BCUT2D eigenvalue weighted by atomic mass is 10.1. The number of allylic oxidation sites excluding steroid dienone is 1. The smallest absolute Gasteiger partial charge is 0.345 e. The molecule has 0 aliphatic heterocycles. The van der Waals surface area contributed by atoms with E-state index in [-0.39, 0.29) is 18.2 Å². The second kappa shape index (κ2) is 6.83. The number of hydrogen-bond acceptors (Lipinski definition) is 3. The van der Waals surface area contributed by atoms with Gasteiger partial charge in [-0.05, 0) is 30.6 Å². The fraction of sp³-hybridized carbons (Fsp3) is 0.312. The lowest BCUT2D eigenvalue weighted by Gasteiger charge is -2.12. The van der Waals surface area contributed by atoms with Crippen molar-refractivity contribution >= 4 is 23.7 Å². The van der Waals surface area contributed by atoms with Crippen LogP contribution in [0.5, 0.6) is 0 Å². The SMILES string of the molecule is O=C(/C=C(/c1ccccc1)C(F)(F)F)NCc1n[nH]c(=S)n1C1CC1. The Kier molecular flexibility index (Phi) is 4.76. The molecule has 1 aromatic heterocycles. The molecule has 0 unspecified atom stereocenters. The van der Waals surface area contributed by atoms with Crippen LogP contribution in [0, 0.1) is 4.77 Å². The highest BCUT2D eigenvalue weighted by Gasteiger charge is 2.35. The second-order valence-electron chi connectivity index (χ2n) is 5.69. The average molecular weight is 368 g/mol. The summed E-state index contributed by atoms with van der Waals surface area (Å²) in [6, 6.07) is 7.46. The molecule has 2 N–H and O–H groups in total. The summed E-state index contributed by atoms with van der Waals surface area (Å²) in [7, 11) is 0. The first kappa shape index (κ1) is 17.4. The van der Waals surface area contributed by atoms with Crippen LogP contribution >= 0.6 is 12.2 Å². The maximum absolute atomic E-state index is 13.2. The van der Waals surface area contributed by atoms with Crippen LogP contribution in [0.25, 0.3) is 5.57 Å². The summed E-state index contributed by atoms with van der Waals surface area (Å²) in [5.41, 5.74) is -1.06. The maximum Gasteiger partial charge on any atom is 0.417 e. The summed E-state index contributed by atoms with van der Waals surface area (Å²) in [6.45, 7) is -0.00109. The van der Waals surface area contributed by atoms with Gasteiger partial charge in [-0.1, -0.05) is 30.3 Å². The van der Waals surface area contributed by atoms with Gasteiger partial charge in [-0.3, -0.25) is 14.5 Å². The molecule has 0 atom stereocenters. The Balaban J connectivity index is 1.75. The van der Waals surface area contributed by atoms with E-state index >= 15 is 0 Å². The van der Waals surface area contributed by atoms with E-state index < -0.39 is 17.7 Å². The number of nitrogens with zero attached hydrogens (tertiary/aromatic N) is 2. The number of nitrogens with one attached hydrogen (secondary N) is 2. The van der Waals surface area contributed by atoms with Gasteiger partial charge >= 0.3 is 6.18 Å². The molecule has 1 fully saturated rings. The van der Waals surface area contributed by atoms with Gasteiger partial charge in [0, 0.05) is 12.1 Å². The molecule has 132 valence electrons. The number of alkyl halides is 3. The molecular formula is C16H15F3N4OS. The number of rotatable bonds is 5. The van der Waals surface area contributed by atoms with E-state index in [1.54, 1.807) is 10.6 Å². The molecule has 0 bridgehead atoms. The number of amides is 1. The Morgan fingerprint density at radius 1 is 1.36 bits per heavy atom. The van der Waals surface area contributed by atoms with Crippen molar-refractivity contribution < 1.29 is 18.0 Å². The largest absolute Gasteiger partial charge is 0.417 e. The van der Waals surface area contributed by atoms with E-state index in [1.807, 2.05) is 0 Å². The first-order chi connectivity index (χ1) is 11.9.